The van der Waals surface area contributed by atoms with Crippen LogP contribution in [0.25, 0.3) is 0 Å². The van der Waals surface area contributed by atoms with Crippen molar-refractivity contribution in [2.45, 2.75) is 92.4 Å². The van der Waals surface area contributed by atoms with Crippen molar-refractivity contribution in [1.29, 1.82) is 0 Å². The number of allylic oxidation sites excluding steroid dienone is 2. The van der Waals surface area contributed by atoms with E-state index in [4.69, 9.17) is 0 Å². The van der Waals surface area contributed by atoms with E-state index in [1.54, 1.807) is 5.57 Å². The second-order valence-corrected chi connectivity index (χ2v) is 6.51. The molecule has 108 valence electrons. The predicted octanol–water partition coefficient (Wildman–Crippen LogP) is 6.76. The third kappa shape index (κ3) is 12.2. The fourth-order valence-electron chi connectivity index (χ4n) is 2.40. The monoisotopic (exact) mass is 252 g/mol. The van der Waals surface area contributed by atoms with Gasteiger partial charge in [0, 0.05) is 0 Å². The summed E-state index contributed by atoms with van der Waals surface area (Å²) < 4.78 is 0. The van der Waals surface area contributed by atoms with Crippen LogP contribution < -0.4 is 0 Å². The Labute approximate surface area is 116 Å². The lowest BCUT2D eigenvalue weighted by Gasteiger charge is -2.12. The first-order valence-corrected chi connectivity index (χ1v) is 8.21. The zero-order valence-electron chi connectivity index (χ0n) is 13.6. The van der Waals surface area contributed by atoms with E-state index in [2.05, 4.69) is 40.7 Å². The van der Waals surface area contributed by atoms with Crippen molar-refractivity contribution in [1.82, 2.24) is 0 Å². The maximum atomic E-state index is 2.45. The van der Waals surface area contributed by atoms with Crippen LogP contribution >= 0.6 is 0 Å². The van der Waals surface area contributed by atoms with Gasteiger partial charge in [-0.2, -0.15) is 0 Å². The van der Waals surface area contributed by atoms with Gasteiger partial charge in [-0.1, -0.05) is 77.9 Å². The Hall–Kier alpha value is -0.260. The molecular weight excluding hydrogens is 216 g/mol. The minimum absolute atomic E-state index is 0.876. The molecule has 0 aliphatic heterocycles. The van der Waals surface area contributed by atoms with Gasteiger partial charge in [0.1, 0.15) is 0 Å². The zero-order valence-corrected chi connectivity index (χ0v) is 13.6. The van der Waals surface area contributed by atoms with E-state index in [0.717, 1.165) is 11.8 Å². The molecule has 0 aliphatic rings. The van der Waals surface area contributed by atoms with Gasteiger partial charge in [-0.05, 0) is 38.0 Å². The second kappa shape index (κ2) is 11.8. The first-order chi connectivity index (χ1) is 8.56. The Bertz CT molecular complexity index is 200. The van der Waals surface area contributed by atoms with Gasteiger partial charge in [-0.3, -0.25) is 0 Å². The molecule has 0 spiro atoms. The molecule has 0 aliphatic carbocycles. The van der Waals surface area contributed by atoms with Crippen molar-refractivity contribution in [2.75, 3.05) is 0 Å². The fraction of sp³-hybridized carbons (Fsp3) is 0.889. The SMILES string of the molecule is CCCCC=C(C)CCCC(C)CCCC(C)C. The summed E-state index contributed by atoms with van der Waals surface area (Å²) in [4.78, 5) is 0. The van der Waals surface area contributed by atoms with Crippen LogP contribution in [0, 0.1) is 11.8 Å². The molecule has 0 aromatic carbocycles. The molecule has 0 N–H and O–H groups in total. The van der Waals surface area contributed by atoms with Crippen LogP contribution in [-0.2, 0) is 0 Å². The molecule has 0 saturated heterocycles. The van der Waals surface area contributed by atoms with Crippen molar-refractivity contribution in [2.24, 2.45) is 11.8 Å². The van der Waals surface area contributed by atoms with E-state index < -0.39 is 0 Å². The number of rotatable bonds is 11. The molecule has 0 bridgehead atoms. The Balaban J connectivity index is 3.49. The lowest BCUT2D eigenvalue weighted by Crippen LogP contribution is -1.97. The smallest absolute Gasteiger partial charge is 0.0323 e. The lowest BCUT2D eigenvalue weighted by atomic mass is 9.94. The molecule has 18 heavy (non-hydrogen) atoms. The molecule has 0 amide bonds. The summed E-state index contributed by atoms with van der Waals surface area (Å²) in [6.07, 6.45) is 14.8. The van der Waals surface area contributed by atoms with E-state index in [0.29, 0.717) is 0 Å². The molecule has 0 aromatic rings. The second-order valence-electron chi connectivity index (χ2n) is 6.51. The van der Waals surface area contributed by atoms with Gasteiger partial charge in [0.25, 0.3) is 0 Å². The van der Waals surface area contributed by atoms with Crippen molar-refractivity contribution in [3.8, 4) is 0 Å². The Morgan fingerprint density at radius 2 is 1.61 bits per heavy atom. The van der Waals surface area contributed by atoms with Crippen molar-refractivity contribution < 1.29 is 0 Å². The zero-order chi connectivity index (χ0) is 13.8. The molecule has 0 heteroatoms. The Kier molecular flexibility index (Phi) is 11.6. The van der Waals surface area contributed by atoms with Crippen molar-refractivity contribution in [3.63, 3.8) is 0 Å². The fourth-order valence-corrected chi connectivity index (χ4v) is 2.40. The molecule has 0 heterocycles. The van der Waals surface area contributed by atoms with Gasteiger partial charge in [0.2, 0.25) is 0 Å². The standard InChI is InChI=1S/C18H36/c1-6-7-8-12-17(4)14-10-15-18(5)13-9-11-16(2)3/h12,16,18H,6-11,13-15H2,1-5H3. The minimum Gasteiger partial charge on any atom is -0.0856 e. The highest BCUT2D eigenvalue weighted by Crippen LogP contribution is 2.19. The maximum Gasteiger partial charge on any atom is -0.0323 e. The first-order valence-electron chi connectivity index (χ1n) is 8.21. The average Bonchev–Trinajstić information content (AvgIpc) is 2.29. The molecule has 0 saturated carbocycles. The number of unbranched alkanes of at least 4 members (excludes halogenated alkanes) is 2. The Morgan fingerprint density at radius 1 is 0.944 bits per heavy atom. The van der Waals surface area contributed by atoms with Crippen LogP contribution in [0.5, 0.6) is 0 Å². The van der Waals surface area contributed by atoms with Crippen LogP contribution in [0.3, 0.4) is 0 Å². The molecule has 1 unspecified atom stereocenters. The summed E-state index contributed by atoms with van der Waals surface area (Å²) in [6, 6.07) is 0. The summed E-state index contributed by atoms with van der Waals surface area (Å²) in [7, 11) is 0. The lowest BCUT2D eigenvalue weighted by molar-refractivity contribution is 0.427. The van der Waals surface area contributed by atoms with Crippen LogP contribution in [0.4, 0.5) is 0 Å². The average molecular weight is 252 g/mol. The highest BCUT2D eigenvalue weighted by atomic mass is 14.1. The molecule has 0 nitrogen and oxygen atoms in total. The van der Waals surface area contributed by atoms with Crippen molar-refractivity contribution >= 4 is 0 Å². The highest BCUT2D eigenvalue weighted by molar-refractivity contribution is 4.97. The van der Waals surface area contributed by atoms with E-state index in [-0.39, 0.29) is 0 Å². The molecule has 1 atom stereocenters. The van der Waals surface area contributed by atoms with Crippen LogP contribution in [0.2, 0.25) is 0 Å². The molecule has 0 radical (unpaired) electrons. The van der Waals surface area contributed by atoms with E-state index in [1.807, 2.05) is 0 Å². The summed E-state index contributed by atoms with van der Waals surface area (Å²) in [6.45, 7) is 11.7. The largest absolute Gasteiger partial charge is 0.0856 e. The predicted molar refractivity (Wildman–Crippen MR) is 85.0 cm³/mol. The van der Waals surface area contributed by atoms with E-state index in [9.17, 15) is 0 Å². The topological polar surface area (TPSA) is 0 Å². The van der Waals surface area contributed by atoms with Crippen LogP contribution in [-0.4, -0.2) is 0 Å². The number of hydrogen-bond donors (Lipinski definition) is 0. The quantitative estimate of drug-likeness (QED) is 0.281. The van der Waals surface area contributed by atoms with Crippen LogP contribution in [0.15, 0.2) is 11.6 Å². The Morgan fingerprint density at radius 3 is 2.22 bits per heavy atom. The molecule has 0 fully saturated rings. The maximum absolute atomic E-state index is 2.45. The summed E-state index contributed by atoms with van der Waals surface area (Å²) in [5.74, 6) is 1.80. The van der Waals surface area contributed by atoms with Crippen LogP contribution in [0.1, 0.15) is 92.4 Å². The molecule has 0 rings (SSSR count). The summed E-state index contributed by atoms with van der Waals surface area (Å²) in [5.41, 5.74) is 1.61. The molecular formula is C18H36. The third-order valence-corrected chi connectivity index (χ3v) is 3.80. The van der Waals surface area contributed by atoms with E-state index >= 15 is 0 Å². The number of hydrogen-bond acceptors (Lipinski definition) is 0. The van der Waals surface area contributed by atoms with Gasteiger partial charge < -0.3 is 0 Å². The first kappa shape index (κ1) is 17.7. The van der Waals surface area contributed by atoms with Gasteiger partial charge in [-0.15, -0.1) is 0 Å². The van der Waals surface area contributed by atoms with E-state index in [1.165, 1.54) is 57.8 Å². The normalized spacial score (nSPS) is 14.2. The summed E-state index contributed by atoms with van der Waals surface area (Å²) >= 11 is 0. The summed E-state index contributed by atoms with van der Waals surface area (Å²) in [5, 5.41) is 0. The van der Waals surface area contributed by atoms with Gasteiger partial charge in [0.05, 0.1) is 0 Å². The van der Waals surface area contributed by atoms with Gasteiger partial charge in [-0.25, -0.2) is 0 Å². The molecule has 0 aromatic heterocycles. The van der Waals surface area contributed by atoms with Gasteiger partial charge in [0.15, 0.2) is 0 Å². The van der Waals surface area contributed by atoms with Crippen molar-refractivity contribution in [3.05, 3.63) is 11.6 Å². The third-order valence-electron chi connectivity index (χ3n) is 3.80. The van der Waals surface area contributed by atoms with Gasteiger partial charge >= 0.3 is 0 Å². The minimum atomic E-state index is 0.876. The highest BCUT2D eigenvalue weighted by Gasteiger charge is 2.03.